The maximum absolute atomic E-state index is 12.6. The van der Waals surface area contributed by atoms with E-state index in [1.165, 1.54) is 6.92 Å². The number of carbonyl (C=O) groups excluding carboxylic acids is 1. The quantitative estimate of drug-likeness (QED) is 0.222. The van der Waals surface area contributed by atoms with Crippen LogP contribution in [0.1, 0.15) is 18.1 Å². The van der Waals surface area contributed by atoms with Gasteiger partial charge in [-0.25, -0.2) is 0 Å². The minimum Gasteiger partial charge on any atom is -0.504 e. The number of terminal acetylenes is 1. The average Bonchev–Trinajstić information content (AvgIpc) is 2.67. The number of hydrogen-bond acceptors (Lipinski definition) is 9. The molecule has 0 aliphatic rings. The zero-order valence-corrected chi connectivity index (χ0v) is 15.7. The summed E-state index contributed by atoms with van der Waals surface area (Å²) in [5, 5.41) is 50.3. The summed E-state index contributed by atoms with van der Waals surface area (Å²) in [6, 6.07) is 3.53. The lowest BCUT2D eigenvalue weighted by Gasteiger charge is -2.10. The number of nitriles is 1. The monoisotopic (exact) mass is 410 g/mol. The number of rotatable bonds is 5. The highest BCUT2D eigenvalue weighted by Crippen LogP contribution is 2.39. The van der Waals surface area contributed by atoms with Crippen LogP contribution in [0.15, 0.2) is 27.2 Å². The number of aromatic nitrogens is 1. The van der Waals surface area contributed by atoms with Gasteiger partial charge in [0.05, 0.1) is 17.2 Å². The van der Waals surface area contributed by atoms with Gasteiger partial charge in [0.2, 0.25) is 11.8 Å². The summed E-state index contributed by atoms with van der Waals surface area (Å²) in [4.78, 5) is 34.2. The molecule has 0 spiro atoms. The number of nitrogens with zero attached hydrogens (tertiary/aromatic N) is 5. The highest BCUT2D eigenvalue weighted by atomic mass is 16.6. The van der Waals surface area contributed by atoms with Crippen molar-refractivity contribution in [3.8, 4) is 30.0 Å². The summed E-state index contributed by atoms with van der Waals surface area (Å²) in [6.07, 6.45) is 5.18. The SMILES string of the molecule is C#CCn1c(O)c(C#N)c(C)c(N=Nc2cc([N+](=O)[O-])cc(NC(C)=O)c2O)c1=O. The van der Waals surface area contributed by atoms with Gasteiger partial charge in [-0.15, -0.1) is 16.7 Å². The topological polar surface area (TPSA) is 183 Å². The van der Waals surface area contributed by atoms with Gasteiger partial charge in [0.15, 0.2) is 11.4 Å². The van der Waals surface area contributed by atoms with Crippen molar-refractivity contribution in [3.63, 3.8) is 0 Å². The van der Waals surface area contributed by atoms with Gasteiger partial charge in [-0.1, -0.05) is 5.92 Å². The molecule has 1 aromatic carbocycles. The standard InChI is InChI=1S/C18H14N6O6/c1-4-5-23-17(27)12(8-19)9(2)15(18(23)28)22-21-14-7-11(24(29)30)6-13(16(14)26)20-10(3)25/h1,6-7,26-27H,5H2,2-3H3,(H,20,25). The van der Waals surface area contributed by atoms with E-state index in [-0.39, 0.29) is 29.0 Å². The number of hydrogen-bond donors (Lipinski definition) is 3. The Balaban J connectivity index is 2.72. The van der Waals surface area contributed by atoms with Crippen LogP contribution in [-0.2, 0) is 11.3 Å². The highest BCUT2D eigenvalue weighted by molar-refractivity contribution is 5.92. The summed E-state index contributed by atoms with van der Waals surface area (Å²) in [5.74, 6) is 0.299. The molecule has 3 N–H and O–H groups in total. The summed E-state index contributed by atoms with van der Waals surface area (Å²) in [5.41, 5.74) is -2.71. The first kappa shape index (κ1) is 21.6. The Morgan fingerprint density at radius 2 is 2.07 bits per heavy atom. The highest BCUT2D eigenvalue weighted by Gasteiger charge is 2.20. The van der Waals surface area contributed by atoms with Crippen molar-refractivity contribution in [2.45, 2.75) is 20.4 Å². The van der Waals surface area contributed by atoms with E-state index in [0.717, 1.165) is 23.6 Å². The Morgan fingerprint density at radius 3 is 2.60 bits per heavy atom. The van der Waals surface area contributed by atoms with E-state index in [4.69, 9.17) is 6.42 Å². The van der Waals surface area contributed by atoms with Crippen molar-refractivity contribution < 1.29 is 19.9 Å². The number of azo groups is 1. The van der Waals surface area contributed by atoms with Crippen molar-refractivity contribution in [1.29, 1.82) is 5.26 Å². The molecule has 1 heterocycles. The van der Waals surface area contributed by atoms with Crippen LogP contribution in [0.5, 0.6) is 11.6 Å². The molecule has 1 aromatic heterocycles. The molecule has 2 rings (SSSR count). The van der Waals surface area contributed by atoms with Crippen LogP contribution in [-0.4, -0.2) is 25.6 Å². The molecule has 152 valence electrons. The second-order valence-corrected chi connectivity index (χ2v) is 5.88. The van der Waals surface area contributed by atoms with E-state index >= 15 is 0 Å². The number of pyridine rings is 1. The van der Waals surface area contributed by atoms with Gasteiger partial charge in [-0.05, 0) is 6.92 Å². The minimum absolute atomic E-state index is 0.0102. The molecule has 0 bridgehead atoms. The van der Waals surface area contributed by atoms with Crippen molar-refractivity contribution in [1.82, 2.24) is 4.57 Å². The van der Waals surface area contributed by atoms with Crippen LogP contribution >= 0.6 is 0 Å². The van der Waals surface area contributed by atoms with Crippen LogP contribution < -0.4 is 10.9 Å². The Hall–Kier alpha value is -4.71. The zero-order chi connectivity index (χ0) is 22.6. The number of phenols is 1. The Labute approximate surface area is 168 Å². The van der Waals surface area contributed by atoms with Gasteiger partial charge in [-0.3, -0.25) is 24.3 Å². The second kappa shape index (κ2) is 8.53. The van der Waals surface area contributed by atoms with Crippen LogP contribution in [0.25, 0.3) is 0 Å². The molecule has 0 saturated carbocycles. The zero-order valence-electron chi connectivity index (χ0n) is 15.7. The first-order valence-electron chi connectivity index (χ1n) is 8.13. The van der Waals surface area contributed by atoms with Crippen molar-refractivity contribution in [2.24, 2.45) is 10.2 Å². The number of nitro groups is 1. The van der Waals surface area contributed by atoms with Gasteiger partial charge in [0.25, 0.3) is 11.2 Å². The number of benzene rings is 1. The number of carbonyl (C=O) groups is 1. The van der Waals surface area contributed by atoms with E-state index < -0.39 is 39.4 Å². The number of nitrogens with one attached hydrogen (secondary N) is 1. The number of nitro benzene ring substituents is 1. The molecule has 1 amide bonds. The molecular formula is C18H14N6O6. The summed E-state index contributed by atoms with van der Waals surface area (Å²) in [7, 11) is 0. The smallest absolute Gasteiger partial charge is 0.282 e. The average molecular weight is 410 g/mol. The molecule has 2 aromatic rings. The summed E-state index contributed by atoms with van der Waals surface area (Å²) in [6.45, 7) is 2.12. The van der Waals surface area contributed by atoms with Gasteiger partial charge in [0.1, 0.15) is 17.3 Å². The molecule has 30 heavy (non-hydrogen) atoms. The van der Waals surface area contributed by atoms with E-state index in [1.54, 1.807) is 6.07 Å². The number of anilines is 1. The molecular weight excluding hydrogens is 396 g/mol. The molecule has 0 radical (unpaired) electrons. The van der Waals surface area contributed by atoms with Crippen molar-refractivity contribution in [3.05, 3.63) is 43.7 Å². The molecule has 12 nitrogen and oxygen atoms in total. The molecule has 0 atom stereocenters. The number of aromatic hydroxyl groups is 2. The third-order valence-corrected chi connectivity index (χ3v) is 3.87. The fourth-order valence-electron chi connectivity index (χ4n) is 2.47. The predicted octanol–water partition coefficient (Wildman–Crippen LogP) is 2.35. The minimum atomic E-state index is -0.863. The third kappa shape index (κ3) is 4.07. The molecule has 12 heteroatoms. The molecule has 0 unspecified atom stereocenters. The normalized spacial score (nSPS) is 10.4. The van der Waals surface area contributed by atoms with Gasteiger partial charge in [-0.2, -0.15) is 5.26 Å². The number of phenolic OH excluding ortho intramolecular Hbond substituents is 1. The van der Waals surface area contributed by atoms with E-state index in [9.17, 15) is 35.2 Å². The first-order valence-corrected chi connectivity index (χ1v) is 8.13. The molecule has 0 aliphatic heterocycles. The lowest BCUT2D eigenvalue weighted by atomic mass is 10.1. The lowest BCUT2D eigenvalue weighted by molar-refractivity contribution is -0.384. The number of non-ortho nitro benzene ring substituents is 1. The first-order chi connectivity index (χ1) is 14.1. The van der Waals surface area contributed by atoms with Crippen molar-refractivity contribution >= 4 is 28.7 Å². The Kier molecular flexibility index (Phi) is 6.14. The second-order valence-electron chi connectivity index (χ2n) is 5.88. The van der Waals surface area contributed by atoms with Gasteiger partial charge in [0, 0.05) is 24.6 Å². The van der Waals surface area contributed by atoms with Crippen LogP contribution in [0, 0.1) is 40.7 Å². The number of amides is 1. The Bertz CT molecular complexity index is 1230. The van der Waals surface area contributed by atoms with Crippen LogP contribution in [0.2, 0.25) is 0 Å². The predicted molar refractivity (Wildman–Crippen MR) is 104 cm³/mol. The van der Waals surface area contributed by atoms with E-state index in [0.29, 0.717) is 0 Å². The third-order valence-electron chi connectivity index (χ3n) is 3.87. The van der Waals surface area contributed by atoms with E-state index in [2.05, 4.69) is 21.5 Å². The summed E-state index contributed by atoms with van der Waals surface area (Å²) >= 11 is 0. The Morgan fingerprint density at radius 1 is 1.40 bits per heavy atom. The maximum atomic E-state index is 12.6. The molecule has 0 aliphatic carbocycles. The maximum Gasteiger partial charge on any atom is 0.282 e. The largest absolute Gasteiger partial charge is 0.504 e. The lowest BCUT2D eigenvalue weighted by Crippen LogP contribution is -2.21. The van der Waals surface area contributed by atoms with Crippen LogP contribution in [0.3, 0.4) is 0 Å². The summed E-state index contributed by atoms with van der Waals surface area (Å²) < 4.78 is 0.732. The fourth-order valence-corrected chi connectivity index (χ4v) is 2.47. The van der Waals surface area contributed by atoms with Gasteiger partial charge < -0.3 is 15.5 Å². The van der Waals surface area contributed by atoms with Crippen molar-refractivity contribution in [2.75, 3.05) is 5.32 Å². The molecule has 0 fully saturated rings. The fraction of sp³-hybridized carbons (Fsp3) is 0.167. The van der Waals surface area contributed by atoms with Crippen LogP contribution in [0.4, 0.5) is 22.7 Å². The van der Waals surface area contributed by atoms with E-state index in [1.807, 2.05) is 0 Å². The van der Waals surface area contributed by atoms with Gasteiger partial charge >= 0.3 is 0 Å². The molecule has 0 saturated heterocycles.